The monoisotopic (exact) mass is 288 g/mol. The SMILES string of the molecule is CCC(C)NC(=O)CCc1ccc(N2CCCCC2)cc1. The number of carbonyl (C=O) groups is 1. The van der Waals surface area contributed by atoms with Gasteiger partial charge in [-0.2, -0.15) is 0 Å². The number of nitrogens with one attached hydrogen (secondary N) is 1. The van der Waals surface area contributed by atoms with Gasteiger partial charge in [0.15, 0.2) is 0 Å². The maximum atomic E-state index is 11.8. The van der Waals surface area contributed by atoms with Crippen molar-refractivity contribution in [3.63, 3.8) is 0 Å². The summed E-state index contributed by atoms with van der Waals surface area (Å²) in [6.07, 6.45) is 6.35. The van der Waals surface area contributed by atoms with E-state index in [2.05, 4.69) is 41.4 Å². The second-order valence-corrected chi connectivity index (χ2v) is 6.09. The van der Waals surface area contributed by atoms with Crippen LogP contribution in [0.4, 0.5) is 5.69 Å². The molecule has 2 rings (SSSR count). The topological polar surface area (TPSA) is 32.3 Å². The molecular weight excluding hydrogens is 260 g/mol. The van der Waals surface area contributed by atoms with Gasteiger partial charge >= 0.3 is 0 Å². The summed E-state index contributed by atoms with van der Waals surface area (Å²) in [5, 5.41) is 3.02. The van der Waals surface area contributed by atoms with E-state index in [9.17, 15) is 4.79 Å². The number of benzene rings is 1. The molecule has 1 saturated heterocycles. The fourth-order valence-electron chi connectivity index (χ4n) is 2.73. The first-order valence-corrected chi connectivity index (χ1v) is 8.32. The highest BCUT2D eigenvalue weighted by Gasteiger charge is 2.11. The Kier molecular flexibility index (Phi) is 6.09. The third-order valence-electron chi connectivity index (χ3n) is 4.32. The van der Waals surface area contributed by atoms with E-state index < -0.39 is 0 Å². The third-order valence-corrected chi connectivity index (χ3v) is 4.32. The molecule has 3 heteroatoms. The van der Waals surface area contributed by atoms with E-state index in [-0.39, 0.29) is 11.9 Å². The molecule has 1 aromatic carbocycles. The number of carbonyl (C=O) groups excluding carboxylic acids is 1. The Morgan fingerprint density at radius 2 is 1.86 bits per heavy atom. The molecule has 1 heterocycles. The van der Waals surface area contributed by atoms with Crippen LogP contribution in [0.2, 0.25) is 0 Å². The van der Waals surface area contributed by atoms with Crippen molar-refractivity contribution < 1.29 is 4.79 Å². The first-order chi connectivity index (χ1) is 10.2. The predicted octanol–water partition coefficient (Wildman–Crippen LogP) is 3.52. The zero-order chi connectivity index (χ0) is 15.1. The average Bonchev–Trinajstić information content (AvgIpc) is 2.54. The van der Waals surface area contributed by atoms with Crippen molar-refractivity contribution in [2.75, 3.05) is 18.0 Å². The van der Waals surface area contributed by atoms with Gasteiger partial charge in [0.2, 0.25) is 5.91 Å². The minimum Gasteiger partial charge on any atom is -0.372 e. The Hall–Kier alpha value is -1.51. The highest BCUT2D eigenvalue weighted by atomic mass is 16.1. The predicted molar refractivity (Wildman–Crippen MR) is 88.7 cm³/mol. The molecular formula is C18H28N2O. The molecule has 0 bridgehead atoms. The van der Waals surface area contributed by atoms with Crippen LogP contribution in [0.1, 0.15) is 51.5 Å². The minimum atomic E-state index is 0.157. The van der Waals surface area contributed by atoms with Crippen molar-refractivity contribution >= 4 is 11.6 Å². The first-order valence-electron chi connectivity index (χ1n) is 8.32. The molecule has 3 nitrogen and oxygen atoms in total. The number of anilines is 1. The molecule has 1 unspecified atom stereocenters. The summed E-state index contributed by atoms with van der Waals surface area (Å²) < 4.78 is 0. The largest absolute Gasteiger partial charge is 0.372 e. The van der Waals surface area contributed by atoms with E-state index in [0.29, 0.717) is 6.42 Å². The molecule has 0 saturated carbocycles. The van der Waals surface area contributed by atoms with E-state index in [0.717, 1.165) is 12.8 Å². The Bertz CT molecular complexity index is 435. The number of piperidine rings is 1. The number of nitrogens with zero attached hydrogens (tertiary/aromatic N) is 1. The van der Waals surface area contributed by atoms with Crippen LogP contribution in [-0.4, -0.2) is 25.0 Å². The summed E-state index contributed by atoms with van der Waals surface area (Å²) in [6, 6.07) is 9.01. The summed E-state index contributed by atoms with van der Waals surface area (Å²) in [5.74, 6) is 0.157. The quantitative estimate of drug-likeness (QED) is 0.868. The van der Waals surface area contributed by atoms with E-state index >= 15 is 0 Å². The van der Waals surface area contributed by atoms with Crippen LogP contribution in [-0.2, 0) is 11.2 Å². The lowest BCUT2D eigenvalue weighted by atomic mass is 10.1. The van der Waals surface area contributed by atoms with Gasteiger partial charge < -0.3 is 10.2 Å². The van der Waals surface area contributed by atoms with Gasteiger partial charge in [-0.3, -0.25) is 4.79 Å². The molecule has 0 aliphatic carbocycles. The van der Waals surface area contributed by atoms with Gasteiger partial charge in [-0.25, -0.2) is 0 Å². The smallest absolute Gasteiger partial charge is 0.220 e. The Labute approximate surface area is 128 Å². The molecule has 1 amide bonds. The molecule has 1 aromatic rings. The summed E-state index contributed by atoms with van der Waals surface area (Å²) in [5.41, 5.74) is 2.57. The van der Waals surface area contributed by atoms with Gasteiger partial charge in [-0.1, -0.05) is 19.1 Å². The maximum Gasteiger partial charge on any atom is 0.220 e. The highest BCUT2D eigenvalue weighted by Crippen LogP contribution is 2.20. The van der Waals surface area contributed by atoms with Gasteiger partial charge in [0.05, 0.1) is 0 Å². The first kappa shape index (κ1) is 15.9. The third kappa shape index (κ3) is 5.07. The average molecular weight is 288 g/mol. The summed E-state index contributed by atoms with van der Waals surface area (Å²) >= 11 is 0. The zero-order valence-corrected chi connectivity index (χ0v) is 13.4. The van der Waals surface area contributed by atoms with Gasteiger partial charge in [-0.15, -0.1) is 0 Å². The molecule has 1 fully saturated rings. The van der Waals surface area contributed by atoms with Gasteiger partial charge in [0.1, 0.15) is 0 Å². The molecule has 0 radical (unpaired) electrons. The maximum absolute atomic E-state index is 11.8. The van der Waals surface area contributed by atoms with Crippen molar-refractivity contribution in [2.45, 2.75) is 58.4 Å². The summed E-state index contributed by atoms with van der Waals surface area (Å²) in [7, 11) is 0. The van der Waals surface area contributed by atoms with Crippen LogP contribution in [0.15, 0.2) is 24.3 Å². The van der Waals surface area contributed by atoms with Crippen LogP contribution in [0.5, 0.6) is 0 Å². The Morgan fingerprint density at radius 1 is 1.19 bits per heavy atom. The molecule has 0 aromatic heterocycles. The molecule has 21 heavy (non-hydrogen) atoms. The lowest BCUT2D eigenvalue weighted by Gasteiger charge is -2.28. The van der Waals surface area contributed by atoms with E-state index in [4.69, 9.17) is 0 Å². The van der Waals surface area contributed by atoms with Crippen molar-refractivity contribution in [1.82, 2.24) is 5.32 Å². The normalized spacial score (nSPS) is 16.6. The standard InChI is InChI=1S/C18H28N2O/c1-3-15(2)19-18(21)12-9-16-7-10-17(11-8-16)20-13-5-4-6-14-20/h7-8,10-11,15H,3-6,9,12-14H2,1-2H3,(H,19,21). The van der Waals surface area contributed by atoms with Crippen LogP contribution < -0.4 is 10.2 Å². The van der Waals surface area contributed by atoms with E-state index in [1.54, 1.807) is 0 Å². The van der Waals surface area contributed by atoms with Gasteiger partial charge in [0, 0.05) is 31.2 Å². The zero-order valence-electron chi connectivity index (χ0n) is 13.4. The fourth-order valence-corrected chi connectivity index (χ4v) is 2.73. The van der Waals surface area contributed by atoms with E-state index in [1.165, 1.54) is 43.6 Å². The number of aryl methyl sites for hydroxylation is 1. The molecule has 0 spiro atoms. The van der Waals surface area contributed by atoms with E-state index in [1.807, 2.05) is 6.92 Å². The number of amides is 1. The van der Waals surface area contributed by atoms with Crippen molar-refractivity contribution in [2.24, 2.45) is 0 Å². The van der Waals surface area contributed by atoms with Crippen molar-refractivity contribution in [1.29, 1.82) is 0 Å². The number of hydrogen-bond acceptors (Lipinski definition) is 2. The Balaban J connectivity index is 1.80. The molecule has 1 aliphatic heterocycles. The van der Waals surface area contributed by atoms with Crippen LogP contribution >= 0.6 is 0 Å². The van der Waals surface area contributed by atoms with Crippen molar-refractivity contribution in [3.8, 4) is 0 Å². The van der Waals surface area contributed by atoms with Gasteiger partial charge in [-0.05, 0) is 56.7 Å². The second kappa shape index (κ2) is 8.06. The Morgan fingerprint density at radius 3 is 2.48 bits per heavy atom. The minimum absolute atomic E-state index is 0.157. The van der Waals surface area contributed by atoms with Crippen LogP contribution in [0, 0.1) is 0 Å². The fraction of sp³-hybridized carbons (Fsp3) is 0.611. The summed E-state index contributed by atoms with van der Waals surface area (Å²) in [6.45, 7) is 6.49. The molecule has 1 aliphatic rings. The van der Waals surface area contributed by atoms with Crippen LogP contribution in [0.3, 0.4) is 0 Å². The number of hydrogen-bond donors (Lipinski definition) is 1. The molecule has 1 atom stereocenters. The van der Waals surface area contributed by atoms with Crippen molar-refractivity contribution in [3.05, 3.63) is 29.8 Å². The molecule has 116 valence electrons. The lowest BCUT2D eigenvalue weighted by Crippen LogP contribution is -2.32. The van der Waals surface area contributed by atoms with Gasteiger partial charge in [0.25, 0.3) is 0 Å². The molecule has 1 N–H and O–H groups in total. The highest BCUT2D eigenvalue weighted by molar-refractivity contribution is 5.76. The summed E-state index contributed by atoms with van der Waals surface area (Å²) in [4.78, 5) is 14.2. The second-order valence-electron chi connectivity index (χ2n) is 6.09. The lowest BCUT2D eigenvalue weighted by molar-refractivity contribution is -0.121. The number of rotatable bonds is 6. The van der Waals surface area contributed by atoms with Crippen LogP contribution in [0.25, 0.3) is 0 Å².